The fraction of sp³-hybridized carbons (Fsp3) is 0.917. The molecule has 94 valence electrons. The zero-order chi connectivity index (χ0) is 12.1. The smallest absolute Gasteiger partial charge is 0.221 e. The van der Waals surface area contributed by atoms with Crippen LogP contribution in [0.1, 0.15) is 33.1 Å². The molecule has 16 heavy (non-hydrogen) atoms. The third-order valence-electron chi connectivity index (χ3n) is 3.43. The van der Waals surface area contributed by atoms with E-state index in [1.54, 1.807) is 0 Å². The minimum absolute atomic E-state index is 0.00145. The molecule has 1 saturated heterocycles. The summed E-state index contributed by atoms with van der Waals surface area (Å²) in [4.78, 5) is 14.0. The van der Waals surface area contributed by atoms with Crippen LogP contribution in [0.4, 0.5) is 0 Å². The fourth-order valence-corrected chi connectivity index (χ4v) is 2.22. The lowest BCUT2D eigenvalue weighted by Crippen LogP contribution is -2.49. The number of nitrogens with zero attached hydrogens (tertiary/aromatic N) is 1. The summed E-state index contributed by atoms with van der Waals surface area (Å²) in [6.45, 7) is 6.33. The lowest BCUT2D eigenvalue weighted by molar-refractivity contribution is -0.122. The molecular weight excluding hydrogens is 202 g/mol. The van der Waals surface area contributed by atoms with E-state index < -0.39 is 0 Å². The molecule has 3 N–H and O–H groups in total. The lowest BCUT2D eigenvalue weighted by atomic mass is 9.94. The first kappa shape index (κ1) is 13.5. The van der Waals surface area contributed by atoms with Crippen molar-refractivity contribution in [3.05, 3.63) is 0 Å². The second kappa shape index (κ2) is 6.21. The van der Waals surface area contributed by atoms with Crippen molar-refractivity contribution in [1.29, 1.82) is 0 Å². The molecule has 1 fully saturated rings. The summed E-state index contributed by atoms with van der Waals surface area (Å²) in [7, 11) is 2.13. The molecule has 1 heterocycles. The number of rotatable bonds is 4. The van der Waals surface area contributed by atoms with Crippen LogP contribution in [-0.4, -0.2) is 43.0 Å². The van der Waals surface area contributed by atoms with Gasteiger partial charge in [0.1, 0.15) is 0 Å². The molecule has 0 aromatic rings. The lowest BCUT2D eigenvalue weighted by Gasteiger charge is -2.35. The van der Waals surface area contributed by atoms with E-state index >= 15 is 0 Å². The van der Waals surface area contributed by atoms with Crippen molar-refractivity contribution in [2.24, 2.45) is 11.7 Å². The van der Waals surface area contributed by atoms with Crippen LogP contribution < -0.4 is 11.1 Å². The Kier molecular flexibility index (Phi) is 5.22. The third kappa shape index (κ3) is 4.10. The summed E-state index contributed by atoms with van der Waals surface area (Å²) in [6, 6.07) is 0.328. The number of hydrogen-bond donors (Lipinski definition) is 2. The largest absolute Gasteiger partial charge is 0.353 e. The van der Waals surface area contributed by atoms with Gasteiger partial charge in [-0.05, 0) is 32.4 Å². The molecule has 0 aromatic heterocycles. The average molecular weight is 227 g/mol. The van der Waals surface area contributed by atoms with E-state index in [9.17, 15) is 4.79 Å². The summed E-state index contributed by atoms with van der Waals surface area (Å²) in [5.41, 5.74) is 5.77. The molecule has 4 nitrogen and oxygen atoms in total. The number of hydrogen-bond acceptors (Lipinski definition) is 3. The van der Waals surface area contributed by atoms with E-state index in [-0.39, 0.29) is 11.9 Å². The standard InChI is InChI=1S/C12H25N3O/c1-4-10(13)7-12(16)14-11-5-6-15(3)8-9(11)2/h9-11H,4-8,13H2,1-3H3,(H,14,16). The second-order valence-corrected chi connectivity index (χ2v) is 5.07. The molecule has 1 aliphatic heterocycles. The van der Waals surface area contributed by atoms with Gasteiger partial charge in [-0.15, -0.1) is 0 Å². The van der Waals surface area contributed by atoms with Crippen LogP contribution in [0.15, 0.2) is 0 Å². The molecule has 4 heteroatoms. The van der Waals surface area contributed by atoms with Gasteiger partial charge in [0.2, 0.25) is 5.91 Å². The van der Waals surface area contributed by atoms with Crippen molar-refractivity contribution in [3.63, 3.8) is 0 Å². The van der Waals surface area contributed by atoms with Crippen molar-refractivity contribution < 1.29 is 4.79 Å². The molecule has 3 atom stereocenters. The molecule has 0 aromatic carbocycles. The summed E-state index contributed by atoms with van der Waals surface area (Å²) < 4.78 is 0. The van der Waals surface area contributed by atoms with Gasteiger partial charge in [-0.25, -0.2) is 0 Å². The van der Waals surface area contributed by atoms with Crippen LogP contribution in [0.3, 0.4) is 0 Å². The molecule has 1 amide bonds. The van der Waals surface area contributed by atoms with E-state index in [4.69, 9.17) is 5.73 Å². The molecule has 0 radical (unpaired) electrons. The van der Waals surface area contributed by atoms with Gasteiger partial charge in [0.15, 0.2) is 0 Å². The average Bonchev–Trinajstić information content (AvgIpc) is 2.22. The number of amides is 1. The zero-order valence-corrected chi connectivity index (χ0v) is 10.7. The molecule has 1 aliphatic rings. The van der Waals surface area contributed by atoms with Gasteiger partial charge in [-0.2, -0.15) is 0 Å². The van der Waals surface area contributed by atoms with E-state index in [2.05, 4.69) is 24.2 Å². The minimum Gasteiger partial charge on any atom is -0.353 e. The fourth-order valence-electron chi connectivity index (χ4n) is 2.22. The number of piperidine rings is 1. The van der Waals surface area contributed by atoms with Crippen LogP contribution in [0.2, 0.25) is 0 Å². The highest BCUT2D eigenvalue weighted by atomic mass is 16.1. The SMILES string of the molecule is CCC(N)CC(=O)NC1CCN(C)CC1C. The van der Waals surface area contributed by atoms with E-state index in [1.807, 2.05) is 6.92 Å². The zero-order valence-electron chi connectivity index (χ0n) is 10.7. The molecule has 0 aliphatic carbocycles. The summed E-state index contributed by atoms with van der Waals surface area (Å²) >= 11 is 0. The van der Waals surface area contributed by atoms with Gasteiger partial charge in [0.25, 0.3) is 0 Å². The van der Waals surface area contributed by atoms with Gasteiger partial charge < -0.3 is 16.0 Å². The van der Waals surface area contributed by atoms with Crippen LogP contribution in [0.5, 0.6) is 0 Å². The second-order valence-electron chi connectivity index (χ2n) is 5.07. The highest BCUT2D eigenvalue weighted by molar-refractivity contribution is 5.76. The van der Waals surface area contributed by atoms with Crippen molar-refractivity contribution in [1.82, 2.24) is 10.2 Å². The highest BCUT2D eigenvalue weighted by Gasteiger charge is 2.25. The maximum Gasteiger partial charge on any atom is 0.221 e. The number of carbonyl (C=O) groups is 1. The molecule has 0 bridgehead atoms. The summed E-state index contributed by atoms with van der Waals surface area (Å²) in [5.74, 6) is 0.635. The molecule has 1 rings (SSSR count). The van der Waals surface area contributed by atoms with Gasteiger partial charge in [0.05, 0.1) is 0 Å². The Morgan fingerprint density at radius 1 is 1.62 bits per heavy atom. The first-order valence-electron chi connectivity index (χ1n) is 6.26. The van der Waals surface area contributed by atoms with E-state index in [1.165, 1.54) is 0 Å². The van der Waals surface area contributed by atoms with Crippen LogP contribution in [0, 0.1) is 5.92 Å². The molecular formula is C12H25N3O. The van der Waals surface area contributed by atoms with Gasteiger partial charge in [0, 0.05) is 25.0 Å². The Hall–Kier alpha value is -0.610. The van der Waals surface area contributed by atoms with Crippen molar-refractivity contribution in [2.45, 2.75) is 45.2 Å². The number of carbonyl (C=O) groups excluding carboxylic acids is 1. The minimum atomic E-state index is 0.00145. The van der Waals surface area contributed by atoms with E-state index in [0.29, 0.717) is 18.4 Å². The molecule has 0 spiro atoms. The third-order valence-corrected chi connectivity index (χ3v) is 3.43. The monoisotopic (exact) mass is 227 g/mol. The topological polar surface area (TPSA) is 58.4 Å². The van der Waals surface area contributed by atoms with Crippen LogP contribution in [-0.2, 0) is 4.79 Å². The Bertz CT molecular complexity index is 232. The van der Waals surface area contributed by atoms with Gasteiger partial charge in [-0.1, -0.05) is 13.8 Å². The number of likely N-dealkylation sites (tertiary alicyclic amines) is 1. The first-order chi connectivity index (χ1) is 7.52. The van der Waals surface area contributed by atoms with Crippen LogP contribution in [0.25, 0.3) is 0 Å². The van der Waals surface area contributed by atoms with E-state index in [0.717, 1.165) is 25.9 Å². The van der Waals surface area contributed by atoms with Gasteiger partial charge >= 0.3 is 0 Å². The molecule has 3 unspecified atom stereocenters. The Balaban J connectivity index is 2.33. The normalized spacial score (nSPS) is 28.8. The Morgan fingerprint density at radius 3 is 2.88 bits per heavy atom. The number of nitrogens with one attached hydrogen (secondary N) is 1. The maximum atomic E-state index is 11.7. The quantitative estimate of drug-likeness (QED) is 0.738. The predicted octanol–water partition coefficient (Wildman–Crippen LogP) is 0.570. The van der Waals surface area contributed by atoms with Crippen LogP contribution >= 0.6 is 0 Å². The predicted molar refractivity (Wildman–Crippen MR) is 66.1 cm³/mol. The van der Waals surface area contributed by atoms with Gasteiger partial charge in [-0.3, -0.25) is 4.79 Å². The highest BCUT2D eigenvalue weighted by Crippen LogP contribution is 2.15. The Morgan fingerprint density at radius 2 is 2.31 bits per heavy atom. The summed E-state index contributed by atoms with van der Waals surface area (Å²) in [6.07, 6.45) is 2.36. The first-order valence-corrected chi connectivity index (χ1v) is 6.26. The van der Waals surface area contributed by atoms with Crippen molar-refractivity contribution >= 4 is 5.91 Å². The maximum absolute atomic E-state index is 11.7. The Labute approximate surface area is 98.6 Å². The van der Waals surface area contributed by atoms with Crippen molar-refractivity contribution in [2.75, 3.05) is 20.1 Å². The molecule has 0 saturated carbocycles. The van der Waals surface area contributed by atoms with Crippen molar-refractivity contribution in [3.8, 4) is 0 Å². The summed E-state index contributed by atoms with van der Waals surface area (Å²) in [5, 5.41) is 3.11. The number of nitrogens with two attached hydrogens (primary N) is 1.